The van der Waals surface area contributed by atoms with E-state index >= 15 is 0 Å². The highest BCUT2D eigenvalue weighted by Crippen LogP contribution is 2.17. The number of nitrogens with zero attached hydrogens (tertiary/aromatic N) is 4. The quantitative estimate of drug-likeness (QED) is 0.940. The highest BCUT2D eigenvalue weighted by molar-refractivity contribution is 5.36. The molecule has 1 saturated heterocycles. The summed E-state index contributed by atoms with van der Waals surface area (Å²) in [5.74, 6) is 0.515. The molecule has 5 nitrogen and oxygen atoms in total. The molecule has 118 valence electrons. The molecule has 1 fully saturated rings. The van der Waals surface area contributed by atoms with Gasteiger partial charge in [0, 0.05) is 25.7 Å². The lowest BCUT2D eigenvalue weighted by molar-refractivity contribution is 0.211. The Morgan fingerprint density at radius 1 is 1.13 bits per heavy atom. The number of likely N-dealkylation sites (tertiary alicyclic amines) is 1. The fourth-order valence-corrected chi connectivity index (χ4v) is 2.76. The number of halogens is 1. The summed E-state index contributed by atoms with van der Waals surface area (Å²) < 4.78 is 12.9. The highest BCUT2D eigenvalue weighted by Gasteiger charge is 2.19. The largest absolute Gasteiger partial charge is 0.366 e. The van der Waals surface area contributed by atoms with Crippen LogP contribution in [-0.2, 0) is 6.54 Å². The molecule has 1 aliphatic rings. The van der Waals surface area contributed by atoms with Crippen LogP contribution in [0.15, 0.2) is 36.4 Å². The number of aromatic nitrogens is 2. The summed E-state index contributed by atoms with van der Waals surface area (Å²) in [6.07, 6.45) is 2.03. The van der Waals surface area contributed by atoms with Crippen LogP contribution in [0, 0.1) is 17.1 Å². The van der Waals surface area contributed by atoms with Gasteiger partial charge in [-0.15, -0.1) is 10.2 Å². The maximum Gasteiger partial charge on any atom is 0.163 e. The van der Waals surface area contributed by atoms with Crippen LogP contribution in [0.1, 0.15) is 24.1 Å². The first kappa shape index (κ1) is 15.4. The molecule has 3 rings (SSSR count). The Morgan fingerprint density at radius 3 is 2.48 bits per heavy atom. The number of hydrogen-bond acceptors (Lipinski definition) is 5. The Hall–Kier alpha value is -2.52. The number of anilines is 1. The molecule has 0 radical (unpaired) electrons. The molecular weight excluding hydrogens is 293 g/mol. The minimum Gasteiger partial charge on any atom is -0.366 e. The van der Waals surface area contributed by atoms with Crippen molar-refractivity contribution >= 4 is 5.82 Å². The molecule has 0 unspecified atom stereocenters. The van der Waals surface area contributed by atoms with Crippen molar-refractivity contribution in [3.05, 3.63) is 53.5 Å². The van der Waals surface area contributed by atoms with Crippen molar-refractivity contribution in [2.75, 3.05) is 18.4 Å². The van der Waals surface area contributed by atoms with E-state index in [1.165, 1.54) is 12.1 Å². The maximum absolute atomic E-state index is 12.9. The van der Waals surface area contributed by atoms with Gasteiger partial charge >= 0.3 is 0 Å². The fourth-order valence-electron chi connectivity index (χ4n) is 2.76. The molecule has 0 amide bonds. The van der Waals surface area contributed by atoms with Gasteiger partial charge in [-0.1, -0.05) is 12.1 Å². The monoisotopic (exact) mass is 311 g/mol. The molecule has 0 saturated carbocycles. The van der Waals surface area contributed by atoms with Crippen LogP contribution in [-0.4, -0.2) is 34.2 Å². The van der Waals surface area contributed by atoms with E-state index in [2.05, 4.69) is 20.4 Å². The number of nitriles is 1. The molecular formula is C17H18FN5. The molecule has 1 N–H and O–H groups in total. The van der Waals surface area contributed by atoms with E-state index in [9.17, 15) is 4.39 Å². The Bertz CT molecular complexity index is 670. The summed E-state index contributed by atoms with van der Waals surface area (Å²) in [7, 11) is 0. The highest BCUT2D eigenvalue weighted by atomic mass is 19.1. The standard InChI is InChI=1S/C17H18FN5/c18-14-3-1-13(2-4-14)12-23-9-7-15(8-10-23)20-17-6-5-16(11-19)21-22-17/h1-6,15H,7-10,12H2,(H,20,22). The second kappa shape index (κ2) is 7.16. The summed E-state index contributed by atoms with van der Waals surface area (Å²) in [4.78, 5) is 2.37. The van der Waals surface area contributed by atoms with E-state index in [0.29, 0.717) is 17.6 Å². The first-order valence-electron chi connectivity index (χ1n) is 7.70. The average molecular weight is 311 g/mol. The SMILES string of the molecule is N#Cc1ccc(NC2CCN(Cc3ccc(F)cc3)CC2)nn1. The van der Waals surface area contributed by atoms with Crippen molar-refractivity contribution in [1.82, 2.24) is 15.1 Å². The molecule has 0 spiro atoms. The average Bonchev–Trinajstić information content (AvgIpc) is 2.59. The summed E-state index contributed by atoms with van der Waals surface area (Å²) in [6.45, 7) is 2.82. The van der Waals surface area contributed by atoms with E-state index in [1.54, 1.807) is 12.1 Å². The van der Waals surface area contributed by atoms with Crippen LogP contribution in [0.5, 0.6) is 0 Å². The maximum atomic E-state index is 12.9. The first-order valence-corrected chi connectivity index (χ1v) is 7.70. The topological polar surface area (TPSA) is 64.8 Å². The van der Waals surface area contributed by atoms with Gasteiger partial charge in [0.1, 0.15) is 17.7 Å². The second-order valence-electron chi connectivity index (χ2n) is 5.74. The van der Waals surface area contributed by atoms with E-state index < -0.39 is 0 Å². The fraction of sp³-hybridized carbons (Fsp3) is 0.353. The Kier molecular flexibility index (Phi) is 4.79. The van der Waals surface area contributed by atoms with Crippen molar-refractivity contribution in [1.29, 1.82) is 5.26 Å². The van der Waals surface area contributed by atoms with E-state index in [0.717, 1.165) is 38.0 Å². The molecule has 23 heavy (non-hydrogen) atoms. The number of benzene rings is 1. The lowest BCUT2D eigenvalue weighted by Crippen LogP contribution is -2.38. The van der Waals surface area contributed by atoms with Crippen molar-refractivity contribution in [3.63, 3.8) is 0 Å². The lowest BCUT2D eigenvalue weighted by atomic mass is 10.0. The lowest BCUT2D eigenvalue weighted by Gasteiger charge is -2.32. The van der Waals surface area contributed by atoms with Crippen LogP contribution < -0.4 is 5.32 Å². The van der Waals surface area contributed by atoms with Gasteiger partial charge in [0.15, 0.2) is 5.69 Å². The van der Waals surface area contributed by atoms with Crippen LogP contribution in [0.3, 0.4) is 0 Å². The Balaban J connectivity index is 1.48. The summed E-state index contributed by atoms with van der Waals surface area (Å²) in [5, 5.41) is 19.9. The molecule has 0 atom stereocenters. The van der Waals surface area contributed by atoms with Gasteiger partial charge in [0.05, 0.1) is 0 Å². The third-order valence-corrected chi connectivity index (χ3v) is 4.04. The molecule has 1 aromatic heterocycles. The van der Waals surface area contributed by atoms with Crippen molar-refractivity contribution in [2.24, 2.45) is 0 Å². The molecule has 2 heterocycles. The van der Waals surface area contributed by atoms with Gasteiger partial charge in [-0.2, -0.15) is 5.26 Å². The molecule has 0 bridgehead atoms. The minimum atomic E-state index is -0.194. The van der Waals surface area contributed by atoms with Crippen LogP contribution in [0.25, 0.3) is 0 Å². The van der Waals surface area contributed by atoms with Crippen molar-refractivity contribution in [2.45, 2.75) is 25.4 Å². The van der Waals surface area contributed by atoms with Gasteiger partial charge in [-0.25, -0.2) is 4.39 Å². The smallest absolute Gasteiger partial charge is 0.163 e. The van der Waals surface area contributed by atoms with E-state index in [-0.39, 0.29) is 5.82 Å². The summed E-state index contributed by atoms with van der Waals surface area (Å²) in [6, 6.07) is 12.5. The van der Waals surface area contributed by atoms with Gasteiger partial charge in [0.25, 0.3) is 0 Å². The van der Waals surface area contributed by atoms with Crippen molar-refractivity contribution in [3.8, 4) is 6.07 Å². The third kappa shape index (κ3) is 4.24. The predicted molar refractivity (Wildman–Crippen MR) is 85.1 cm³/mol. The zero-order valence-corrected chi connectivity index (χ0v) is 12.7. The number of rotatable bonds is 4. The Labute approximate surface area is 134 Å². The Morgan fingerprint density at radius 2 is 1.87 bits per heavy atom. The molecule has 1 aliphatic heterocycles. The normalized spacial score (nSPS) is 16.0. The van der Waals surface area contributed by atoms with Crippen LogP contribution in [0.2, 0.25) is 0 Å². The molecule has 2 aromatic rings. The molecule has 6 heteroatoms. The van der Waals surface area contributed by atoms with Crippen molar-refractivity contribution < 1.29 is 4.39 Å². The van der Waals surface area contributed by atoms with E-state index in [4.69, 9.17) is 5.26 Å². The second-order valence-corrected chi connectivity index (χ2v) is 5.74. The molecule has 1 aromatic carbocycles. The third-order valence-electron chi connectivity index (χ3n) is 4.04. The van der Waals surface area contributed by atoms with Gasteiger partial charge in [0.2, 0.25) is 0 Å². The zero-order chi connectivity index (χ0) is 16.1. The molecule has 0 aliphatic carbocycles. The van der Waals surface area contributed by atoms with Gasteiger partial charge in [-0.3, -0.25) is 4.90 Å². The minimum absolute atomic E-state index is 0.194. The summed E-state index contributed by atoms with van der Waals surface area (Å²) >= 11 is 0. The predicted octanol–water partition coefficient (Wildman–Crippen LogP) is 2.56. The van der Waals surface area contributed by atoms with Gasteiger partial charge in [-0.05, 0) is 42.7 Å². The number of hydrogen-bond donors (Lipinski definition) is 1. The number of nitrogens with one attached hydrogen (secondary N) is 1. The van der Waals surface area contributed by atoms with Gasteiger partial charge < -0.3 is 5.32 Å². The zero-order valence-electron chi connectivity index (χ0n) is 12.7. The van der Waals surface area contributed by atoms with Crippen LogP contribution in [0.4, 0.5) is 10.2 Å². The summed E-state index contributed by atoms with van der Waals surface area (Å²) in [5.41, 5.74) is 1.46. The van der Waals surface area contributed by atoms with Crippen LogP contribution >= 0.6 is 0 Å². The first-order chi connectivity index (χ1) is 11.2. The van der Waals surface area contributed by atoms with E-state index in [1.807, 2.05) is 18.2 Å². The number of piperidine rings is 1.